The first-order valence-corrected chi connectivity index (χ1v) is 25.4. The van der Waals surface area contributed by atoms with Crippen molar-refractivity contribution in [1.29, 1.82) is 0 Å². The predicted octanol–water partition coefficient (Wildman–Crippen LogP) is 6.39. The van der Waals surface area contributed by atoms with Crippen LogP contribution in [0.4, 0.5) is 28.8 Å². The fourth-order valence-electron chi connectivity index (χ4n) is 9.99. The molecule has 17 heteroatoms. The molecule has 5 heterocycles. The number of para-hydroxylation sites is 1. The number of carbonyl (C=O) groups excluding carboxylic acids is 3. The van der Waals surface area contributed by atoms with E-state index in [0.717, 1.165) is 93.7 Å². The van der Waals surface area contributed by atoms with Crippen molar-refractivity contribution in [2.75, 3.05) is 75.2 Å². The van der Waals surface area contributed by atoms with Crippen molar-refractivity contribution in [1.82, 2.24) is 30.0 Å². The Hall–Kier alpha value is -5.21. The first kappa shape index (κ1) is 44.0. The van der Waals surface area contributed by atoms with Gasteiger partial charge in [-0.1, -0.05) is 36.7 Å². The summed E-state index contributed by atoms with van der Waals surface area (Å²) in [7, 11) is -0.880. The Bertz CT molecular complexity index is 2480. The standard InChI is InChI=1S/C47H57ClN9O6P/c1-5-29-23-37(51-47-49-27-35(48)44(53-47)50-36-10-6-7-12-42(36)64(3,4)61)41(62-2)26-39(29)56-17-15-30(16-18-56)54-19-21-55(22-20-54)31-24-32(25-31)63-40-11-8-9-33-34(40)28-57(46(33)60)38-13-14-43(58)52-45(38)59/h6-12,23,26-27,30-32,38H,5,13-22,24-25,28H2,1-4H3,(H,52,58,59)(H2,49,50,51,53)/t31-,32-,38-/m1/s1. The SMILES string of the molecule is CCc1cc(Nc2ncc(Cl)c(Nc3ccccc3P(C)(C)=O)n2)c(OC)cc1N1CCC(N2CCN([C@H]3C[C@H](Oc4cccc5c4CN([C@@H]4CCC(=O)NC4=O)C5=O)C3)CC2)CC1. The highest BCUT2D eigenvalue weighted by molar-refractivity contribution is 7.70. The Balaban J connectivity index is 0.760. The summed E-state index contributed by atoms with van der Waals surface area (Å²) in [5, 5.41) is 10.1. The van der Waals surface area contributed by atoms with Gasteiger partial charge in [0.15, 0.2) is 5.82 Å². The molecule has 5 aliphatic rings. The lowest BCUT2D eigenvalue weighted by molar-refractivity contribution is -0.136. The number of benzene rings is 3. The number of carbonyl (C=O) groups is 3. The van der Waals surface area contributed by atoms with Gasteiger partial charge in [0.2, 0.25) is 17.8 Å². The van der Waals surface area contributed by atoms with Gasteiger partial charge < -0.3 is 34.5 Å². The zero-order valence-electron chi connectivity index (χ0n) is 36.9. The average molecular weight is 910 g/mol. The maximum atomic E-state index is 13.3. The molecule has 0 spiro atoms. The highest BCUT2D eigenvalue weighted by Crippen LogP contribution is 2.41. The van der Waals surface area contributed by atoms with Gasteiger partial charge in [0.25, 0.3) is 5.91 Å². The van der Waals surface area contributed by atoms with Crippen molar-refractivity contribution >= 4 is 70.6 Å². The number of nitrogens with one attached hydrogen (secondary N) is 3. The number of ether oxygens (including phenoxy) is 2. The van der Waals surface area contributed by atoms with Crippen LogP contribution in [-0.4, -0.2) is 126 Å². The molecule has 9 rings (SSSR count). The number of anilines is 5. The molecular formula is C47H57ClN9O6P. The summed E-state index contributed by atoms with van der Waals surface area (Å²) >= 11 is 6.54. The van der Waals surface area contributed by atoms with E-state index < -0.39 is 19.1 Å². The third-order valence-electron chi connectivity index (χ3n) is 13.6. The van der Waals surface area contributed by atoms with Gasteiger partial charge in [0, 0.05) is 98.8 Å². The lowest BCUT2D eigenvalue weighted by Gasteiger charge is -2.48. The largest absolute Gasteiger partial charge is 0.494 e. The summed E-state index contributed by atoms with van der Waals surface area (Å²) in [4.78, 5) is 56.1. The second-order valence-corrected chi connectivity index (χ2v) is 21.5. The number of hydrogen-bond donors (Lipinski definition) is 3. The van der Waals surface area contributed by atoms with E-state index in [9.17, 15) is 18.9 Å². The molecule has 3 saturated heterocycles. The number of fused-ring (bicyclic) bond motifs is 1. The number of methoxy groups -OCH3 is 1. The van der Waals surface area contributed by atoms with Crippen molar-refractivity contribution in [3.05, 3.63) is 82.5 Å². The van der Waals surface area contributed by atoms with Crippen LogP contribution in [-0.2, 0) is 27.1 Å². The van der Waals surface area contributed by atoms with Gasteiger partial charge in [0.05, 0.1) is 31.2 Å². The first-order valence-electron chi connectivity index (χ1n) is 22.4. The summed E-state index contributed by atoms with van der Waals surface area (Å²) in [5.74, 6) is 1.31. The molecule has 338 valence electrons. The van der Waals surface area contributed by atoms with Crippen LogP contribution in [0.15, 0.2) is 60.8 Å². The number of halogens is 1. The molecule has 1 aliphatic carbocycles. The predicted molar refractivity (Wildman–Crippen MR) is 250 cm³/mol. The number of piperidine rings is 2. The van der Waals surface area contributed by atoms with Crippen molar-refractivity contribution in [2.24, 2.45) is 0 Å². The number of hydrogen-bond acceptors (Lipinski definition) is 13. The topological polar surface area (TPSA) is 162 Å². The lowest BCUT2D eigenvalue weighted by atomic mass is 9.87. The highest BCUT2D eigenvalue weighted by atomic mass is 35.5. The Kier molecular flexibility index (Phi) is 12.6. The van der Waals surface area contributed by atoms with E-state index in [1.807, 2.05) is 36.4 Å². The molecule has 3 amide bonds. The van der Waals surface area contributed by atoms with Crippen LogP contribution >= 0.6 is 18.7 Å². The van der Waals surface area contributed by atoms with Gasteiger partial charge in [0.1, 0.15) is 35.8 Å². The fraction of sp³-hybridized carbons (Fsp3) is 0.468. The van der Waals surface area contributed by atoms with Crippen LogP contribution in [0, 0.1) is 0 Å². The van der Waals surface area contributed by atoms with Crippen molar-refractivity contribution in [2.45, 2.75) is 82.6 Å². The summed E-state index contributed by atoms with van der Waals surface area (Å²) in [6.45, 7) is 12.1. The van der Waals surface area contributed by atoms with E-state index in [4.69, 9.17) is 26.1 Å². The summed E-state index contributed by atoms with van der Waals surface area (Å²) < 4.78 is 25.4. The fourth-order valence-corrected chi connectivity index (χ4v) is 11.3. The number of rotatable bonds is 13. The number of aryl methyl sites for hydroxylation is 1. The molecule has 0 unspecified atom stereocenters. The van der Waals surface area contributed by atoms with Crippen LogP contribution in [0.1, 0.15) is 66.9 Å². The van der Waals surface area contributed by atoms with Crippen LogP contribution in [0.2, 0.25) is 5.02 Å². The minimum atomic E-state index is -2.56. The van der Waals surface area contributed by atoms with Crippen molar-refractivity contribution in [3.63, 3.8) is 0 Å². The van der Waals surface area contributed by atoms with E-state index in [1.54, 1.807) is 37.6 Å². The van der Waals surface area contributed by atoms with Crippen molar-refractivity contribution < 1.29 is 28.4 Å². The molecule has 64 heavy (non-hydrogen) atoms. The minimum absolute atomic E-state index is 0.0876. The second kappa shape index (κ2) is 18.3. The van der Waals surface area contributed by atoms with Gasteiger partial charge in [-0.25, -0.2) is 4.98 Å². The molecule has 0 bridgehead atoms. The minimum Gasteiger partial charge on any atom is -0.494 e. The molecule has 1 saturated carbocycles. The molecule has 1 aromatic heterocycles. The van der Waals surface area contributed by atoms with Crippen molar-refractivity contribution in [3.8, 4) is 11.5 Å². The molecular weight excluding hydrogens is 853 g/mol. The molecule has 4 aliphatic heterocycles. The third kappa shape index (κ3) is 9.05. The van der Waals surface area contributed by atoms with E-state index >= 15 is 0 Å². The maximum Gasteiger partial charge on any atom is 0.255 e. The zero-order valence-corrected chi connectivity index (χ0v) is 38.6. The van der Waals surface area contributed by atoms with E-state index in [1.165, 1.54) is 11.3 Å². The van der Waals surface area contributed by atoms with E-state index in [0.29, 0.717) is 58.8 Å². The third-order valence-corrected chi connectivity index (χ3v) is 15.4. The highest BCUT2D eigenvalue weighted by Gasteiger charge is 2.42. The summed E-state index contributed by atoms with van der Waals surface area (Å²) in [6.07, 6.45) is 7.15. The Morgan fingerprint density at radius 1 is 0.875 bits per heavy atom. The molecule has 1 atom stereocenters. The Morgan fingerprint density at radius 3 is 2.31 bits per heavy atom. The molecule has 4 aromatic rings. The van der Waals surface area contributed by atoms with Crippen LogP contribution in [0.5, 0.6) is 11.5 Å². The van der Waals surface area contributed by atoms with E-state index in [2.05, 4.69) is 54.7 Å². The van der Waals surface area contributed by atoms with Crippen LogP contribution in [0.3, 0.4) is 0 Å². The molecule has 3 N–H and O–H groups in total. The van der Waals surface area contributed by atoms with Crippen LogP contribution < -0.4 is 35.6 Å². The molecule has 3 aromatic carbocycles. The second-order valence-electron chi connectivity index (χ2n) is 17.9. The van der Waals surface area contributed by atoms with E-state index in [-0.39, 0.29) is 24.3 Å². The summed E-state index contributed by atoms with van der Waals surface area (Å²) in [6, 6.07) is 17.7. The molecule has 4 fully saturated rings. The van der Waals surface area contributed by atoms with Gasteiger partial charge in [-0.05, 0) is 74.9 Å². The van der Waals surface area contributed by atoms with Gasteiger partial charge in [-0.3, -0.25) is 29.5 Å². The number of aromatic nitrogens is 2. The molecule has 0 radical (unpaired) electrons. The monoisotopic (exact) mass is 909 g/mol. The number of amides is 3. The lowest BCUT2D eigenvalue weighted by Crippen LogP contribution is -2.58. The molecule has 15 nitrogen and oxygen atoms in total. The first-order chi connectivity index (χ1) is 30.9. The quantitative estimate of drug-likeness (QED) is 0.100. The Morgan fingerprint density at radius 2 is 1.61 bits per heavy atom. The normalized spacial score (nSPS) is 22.2. The average Bonchev–Trinajstić information content (AvgIpc) is 3.61. The maximum absolute atomic E-state index is 13.3. The van der Waals surface area contributed by atoms with Gasteiger partial charge in [-0.2, -0.15) is 4.98 Å². The number of nitrogens with zero attached hydrogens (tertiary/aromatic N) is 6. The number of imide groups is 1. The number of piperazine rings is 1. The Labute approximate surface area is 379 Å². The smallest absolute Gasteiger partial charge is 0.255 e. The van der Waals surface area contributed by atoms with Gasteiger partial charge in [-0.15, -0.1) is 0 Å². The van der Waals surface area contributed by atoms with Crippen LogP contribution in [0.25, 0.3) is 0 Å². The van der Waals surface area contributed by atoms with Gasteiger partial charge >= 0.3 is 0 Å². The summed E-state index contributed by atoms with van der Waals surface area (Å²) in [5.41, 5.74) is 5.26. The zero-order chi connectivity index (χ0) is 44.7.